The number of halogens is 1. The van der Waals surface area contributed by atoms with Crippen LogP contribution in [0.25, 0.3) is 0 Å². The number of carbonyl (C=O) groups excluding carboxylic acids is 2. The van der Waals surface area contributed by atoms with Crippen molar-refractivity contribution in [2.24, 2.45) is 5.92 Å². The van der Waals surface area contributed by atoms with Gasteiger partial charge in [-0.05, 0) is 86.4 Å². The van der Waals surface area contributed by atoms with Gasteiger partial charge in [0.1, 0.15) is 11.6 Å². The molecule has 0 radical (unpaired) electrons. The number of nitrogens with zero attached hydrogens (tertiary/aromatic N) is 1. The molecule has 1 N–H and O–H groups in total. The van der Waals surface area contributed by atoms with Gasteiger partial charge >= 0.3 is 0 Å². The molecule has 0 bridgehead atoms. The first-order valence-corrected chi connectivity index (χ1v) is 11.4. The normalized spacial score (nSPS) is 16.0. The van der Waals surface area contributed by atoms with E-state index >= 15 is 0 Å². The van der Waals surface area contributed by atoms with Crippen LogP contribution in [0.5, 0.6) is 5.75 Å². The van der Waals surface area contributed by atoms with Crippen molar-refractivity contribution in [2.45, 2.75) is 51.9 Å². The molecule has 1 aliphatic heterocycles. The fourth-order valence-corrected chi connectivity index (χ4v) is 4.23. The first-order chi connectivity index (χ1) is 15.4. The summed E-state index contributed by atoms with van der Waals surface area (Å²) in [4.78, 5) is 27.0. The third-order valence-electron chi connectivity index (χ3n) is 6.13. The van der Waals surface area contributed by atoms with Crippen LogP contribution in [-0.4, -0.2) is 36.9 Å². The third-order valence-corrected chi connectivity index (χ3v) is 6.13. The molecule has 3 rings (SSSR count). The Hall–Kier alpha value is -2.89. The monoisotopic (exact) mass is 440 g/mol. The number of amides is 2. The van der Waals surface area contributed by atoms with Crippen molar-refractivity contribution in [1.82, 2.24) is 4.90 Å². The summed E-state index contributed by atoms with van der Waals surface area (Å²) in [6, 6.07) is 12.1. The molecule has 2 amide bonds. The zero-order valence-electron chi connectivity index (χ0n) is 19.0. The van der Waals surface area contributed by atoms with Gasteiger partial charge in [0.2, 0.25) is 11.8 Å². The van der Waals surface area contributed by atoms with Gasteiger partial charge in [0.05, 0.1) is 7.11 Å². The van der Waals surface area contributed by atoms with Gasteiger partial charge in [-0.2, -0.15) is 0 Å². The van der Waals surface area contributed by atoms with E-state index in [9.17, 15) is 14.0 Å². The highest BCUT2D eigenvalue weighted by molar-refractivity contribution is 5.91. The van der Waals surface area contributed by atoms with E-state index in [0.29, 0.717) is 18.8 Å². The molecule has 0 aromatic heterocycles. The summed E-state index contributed by atoms with van der Waals surface area (Å²) in [7, 11) is 1.62. The van der Waals surface area contributed by atoms with Crippen LogP contribution in [0.15, 0.2) is 42.5 Å². The van der Waals surface area contributed by atoms with E-state index in [2.05, 4.69) is 5.32 Å². The van der Waals surface area contributed by atoms with Crippen molar-refractivity contribution in [3.8, 4) is 5.75 Å². The predicted octanol–water partition coefficient (Wildman–Crippen LogP) is 5.12. The molecule has 1 aliphatic rings. The highest BCUT2D eigenvalue weighted by Gasteiger charge is 2.23. The van der Waals surface area contributed by atoms with E-state index in [0.717, 1.165) is 67.8 Å². The van der Waals surface area contributed by atoms with Crippen LogP contribution < -0.4 is 10.1 Å². The van der Waals surface area contributed by atoms with Crippen LogP contribution in [0.2, 0.25) is 0 Å². The zero-order chi connectivity index (χ0) is 22.9. The lowest BCUT2D eigenvalue weighted by Crippen LogP contribution is -2.40. The van der Waals surface area contributed by atoms with Crippen molar-refractivity contribution in [3.05, 3.63) is 59.4 Å². The molecule has 1 atom stereocenters. The van der Waals surface area contributed by atoms with Crippen LogP contribution in [-0.2, 0) is 16.0 Å². The molecule has 0 aliphatic carbocycles. The minimum atomic E-state index is -0.239. The van der Waals surface area contributed by atoms with Gasteiger partial charge in [0.25, 0.3) is 0 Å². The van der Waals surface area contributed by atoms with E-state index in [1.54, 1.807) is 19.2 Å². The molecule has 172 valence electrons. The van der Waals surface area contributed by atoms with Crippen molar-refractivity contribution in [1.29, 1.82) is 0 Å². The minimum Gasteiger partial charge on any atom is -0.497 e. The Balaban J connectivity index is 1.39. The van der Waals surface area contributed by atoms with Crippen LogP contribution >= 0.6 is 0 Å². The number of methoxy groups -OCH3 is 1. The Morgan fingerprint density at radius 1 is 1.16 bits per heavy atom. The maximum Gasteiger partial charge on any atom is 0.224 e. The Morgan fingerprint density at radius 3 is 2.66 bits per heavy atom. The van der Waals surface area contributed by atoms with Gasteiger partial charge in [-0.15, -0.1) is 0 Å². The number of nitrogens with one attached hydrogen (secondary N) is 1. The first kappa shape index (κ1) is 23.8. The summed E-state index contributed by atoms with van der Waals surface area (Å²) >= 11 is 0. The summed E-state index contributed by atoms with van der Waals surface area (Å²) in [6.07, 6.45) is 5.29. The Morgan fingerprint density at radius 2 is 1.94 bits per heavy atom. The van der Waals surface area contributed by atoms with E-state index in [1.165, 1.54) is 12.1 Å². The highest BCUT2D eigenvalue weighted by atomic mass is 19.1. The fourth-order valence-electron chi connectivity index (χ4n) is 4.23. The Bertz CT molecular complexity index is 914. The number of hydrogen-bond acceptors (Lipinski definition) is 3. The standard InChI is InChI=1S/C26H33FN2O3/c1-19-17-23(32-2)13-14-24(19)28-25(30)15-10-21-6-4-16-29(18-21)26(31)7-3-5-20-8-11-22(27)12-9-20/h8-9,11-14,17,21H,3-7,10,15-16,18H2,1-2H3,(H,28,30)/t21-/m1/s1. The molecule has 1 fully saturated rings. The smallest absolute Gasteiger partial charge is 0.224 e. The summed E-state index contributed by atoms with van der Waals surface area (Å²) in [5.41, 5.74) is 2.82. The summed E-state index contributed by atoms with van der Waals surface area (Å²) < 4.78 is 18.2. The second-order valence-electron chi connectivity index (χ2n) is 8.60. The maximum absolute atomic E-state index is 13.0. The summed E-state index contributed by atoms with van der Waals surface area (Å²) in [6.45, 7) is 3.46. The summed E-state index contributed by atoms with van der Waals surface area (Å²) in [5, 5.41) is 2.98. The molecule has 0 saturated carbocycles. The molecular weight excluding hydrogens is 407 g/mol. The fraction of sp³-hybridized carbons (Fsp3) is 0.462. The molecule has 5 nitrogen and oxygen atoms in total. The molecule has 2 aromatic carbocycles. The van der Waals surface area contributed by atoms with Crippen LogP contribution in [0.4, 0.5) is 10.1 Å². The van der Waals surface area contributed by atoms with Gasteiger partial charge in [-0.25, -0.2) is 4.39 Å². The van der Waals surface area contributed by atoms with Crippen LogP contribution in [0, 0.1) is 18.7 Å². The molecule has 1 heterocycles. The van der Waals surface area contributed by atoms with E-state index in [4.69, 9.17) is 4.74 Å². The topological polar surface area (TPSA) is 58.6 Å². The maximum atomic E-state index is 13.0. The van der Waals surface area contributed by atoms with E-state index in [1.807, 2.05) is 30.0 Å². The lowest BCUT2D eigenvalue weighted by atomic mass is 9.93. The number of rotatable bonds is 9. The molecule has 1 saturated heterocycles. The number of benzene rings is 2. The lowest BCUT2D eigenvalue weighted by molar-refractivity contribution is -0.133. The molecule has 6 heteroatoms. The number of anilines is 1. The predicted molar refractivity (Wildman–Crippen MR) is 124 cm³/mol. The van der Waals surface area contributed by atoms with Gasteiger partial charge in [-0.1, -0.05) is 12.1 Å². The lowest BCUT2D eigenvalue weighted by Gasteiger charge is -2.33. The summed E-state index contributed by atoms with van der Waals surface area (Å²) in [5.74, 6) is 1.06. The van der Waals surface area contributed by atoms with Gasteiger partial charge < -0.3 is 15.0 Å². The number of aryl methyl sites for hydroxylation is 2. The number of carbonyl (C=O) groups is 2. The minimum absolute atomic E-state index is 0.000940. The van der Waals surface area contributed by atoms with E-state index < -0.39 is 0 Å². The van der Waals surface area contributed by atoms with Gasteiger partial charge in [0.15, 0.2) is 0 Å². The average molecular weight is 441 g/mol. The third kappa shape index (κ3) is 7.08. The van der Waals surface area contributed by atoms with Crippen molar-refractivity contribution in [2.75, 3.05) is 25.5 Å². The van der Waals surface area contributed by atoms with Gasteiger partial charge in [-0.3, -0.25) is 9.59 Å². The Kier molecular flexibility index (Phi) is 8.65. The average Bonchev–Trinajstić information content (AvgIpc) is 2.80. The van der Waals surface area contributed by atoms with Crippen LogP contribution in [0.3, 0.4) is 0 Å². The van der Waals surface area contributed by atoms with Gasteiger partial charge in [0, 0.05) is 31.6 Å². The SMILES string of the molecule is COc1ccc(NC(=O)CC[C@H]2CCCN(C(=O)CCCc3ccc(F)cc3)C2)c(C)c1. The van der Waals surface area contributed by atoms with Crippen molar-refractivity contribution < 1.29 is 18.7 Å². The molecule has 2 aromatic rings. The molecule has 0 spiro atoms. The molecule has 0 unspecified atom stereocenters. The molecule has 32 heavy (non-hydrogen) atoms. The number of hydrogen-bond donors (Lipinski definition) is 1. The first-order valence-electron chi connectivity index (χ1n) is 11.4. The van der Waals surface area contributed by atoms with Crippen molar-refractivity contribution in [3.63, 3.8) is 0 Å². The quantitative estimate of drug-likeness (QED) is 0.589. The highest BCUT2D eigenvalue weighted by Crippen LogP contribution is 2.24. The molecular formula is C26H33FN2O3. The number of ether oxygens (including phenoxy) is 1. The second-order valence-corrected chi connectivity index (χ2v) is 8.60. The van der Waals surface area contributed by atoms with Crippen molar-refractivity contribution >= 4 is 17.5 Å². The largest absolute Gasteiger partial charge is 0.497 e. The number of piperidine rings is 1. The van der Waals surface area contributed by atoms with Crippen LogP contribution in [0.1, 0.15) is 49.7 Å². The van der Waals surface area contributed by atoms with E-state index in [-0.39, 0.29) is 17.6 Å². The zero-order valence-corrected chi connectivity index (χ0v) is 19.0. The second kappa shape index (κ2) is 11.7. The Labute approximate surface area is 190 Å². The number of likely N-dealkylation sites (tertiary alicyclic amines) is 1.